The number of rotatable bonds is 10. The normalized spacial score (nSPS) is 14.5. The lowest BCUT2D eigenvalue weighted by Gasteiger charge is -2.20. The van der Waals surface area contributed by atoms with Crippen LogP contribution in [0.4, 0.5) is 0 Å². The minimum atomic E-state index is -3.41. The Morgan fingerprint density at radius 2 is 1.53 bits per heavy atom. The van der Waals surface area contributed by atoms with E-state index < -0.39 is 21.4 Å². The highest BCUT2D eigenvalue weighted by Crippen LogP contribution is 2.48. The van der Waals surface area contributed by atoms with Gasteiger partial charge in [0.2, 0.25) is 10.0 Å². The molecule has 1 heterocycles. The summed E-state index contributed by atoms with van der Waals surface area (Å²) in [5, 5.41) is 13.7. The highest BCUT2D eigenvalue weighted by Gasteiger charge is 2.51. The van der Waals surface area contributed by atoms with Crippen molar-refractivity contribution >= 4 is 16.0 Å². The Kier molecular flexibility index (Phi) is 6.94. The van der Waals surface area contributed by atoms with Crippen molar-refractivity contribution < 1.29 is 22.8 Å². The number of hydrogen-bond donors (Lipinski definition) is 1. The van der Waals surface area contributed by atoms with Gasteiger partial charge in [0.05, 0.1) is 17.4 Å². The van der Waals surface area contributed by atoms with Gasteiger partial charge < -0.3 is 9.63 Å². The van der Waals surface area contributed by atoms with Crippen molar-refractivity contribution in [3.63, 3.8) is 0 Å². The summed E-state index contributed by atoms with van der Waals surface area (Å²) < 4.78 is 32.1. The second kappa shape index (κ2) is 10.2. The molecule has 0 aliphatic heterocycles. The summed E-state index contributed by atoms with van der Waals surface area (Å²) in [5.41, 5.74) is 5.55. The average molecular weight is 531 g/mol. The van der Waals surface area contributed by atoms with Crippen molar-refractivity contribution in [3.8, 4) is 22.5 Å². The fourth-order valence-corrected chi connectivity index (χ4v) is 5.65. The van der Waals surface area contributed by atoms with Crippen molar-refractivity contribution in [2.45, 2.75) is 38.1 Å². The minimum Gasteiger partial charge on any atom is -0.481 e. The Morgan fingerprint density at radius 1 is 0.947 bits per heavy atom. The largest absolute Gasteiger partial charge is 0.481 e. The Hall–Kier alpha value is -3.75. The maximum absolute atomic E-state index is 12.5. The van der Waals surface area contributed by atoms with Crippen LogP contribution in [0.5, 0.6) is 0 Å². The second-order valence-electron chi connectivity index (χ2n) is 9.95. The van der Waals surface area contributed by atoms with E-state index in [2.05, 4.69) is 5.16 Å². The Morgan fingerprint density at radius 3 is 2.08 bits per heavy atom. The van der Waals surface area contributed by atoms with Crippen LogP contribution >= 0.6 is 0 Å². The van der Waals surface area contributed by atoms with Gasteiger partial charge in [-0.05, 0) is 48.4 Å². The Balaban J connectivity index is 1.32. The van der Waals surface area contributed by atoms with Gasteiger partial charge in [0, 0.05) is 24.2 Å². The zero-order valence-corrected chi connectivity index (χ0v) is 22.2. The SMILES string of the molecule is Cc1noc(-c2ccc(-c3ccc(C4(C(=O)O)CC4)cc3)cc2)c1CCN(Cc1ccccc1)S(C)(=O)=O. The Labute approximate surface area is 222 Å². The van der Waals surface area contributed by atoms with Gasteiger partial charge in [0.25, 0.3) is 0 Å². The van der Waals surface area contributed by atoms with E-state index in [0.29, 0.717) is 38.1 Å². The number of sulfonamides is 1. The van der Waals surface area contributed by atoms with Crippen molar-refractivity contribution in [2.24, 2.45) is 0 Å². The number of carboxylic acids is 1. The molecular formula is C30H30N2O5S. The molecule has 0 unspecified atom stereocenters. The molecule has 0 saturated heterocycles. The van der Waals surface area contributed by atoms with Crippen LogP contribution in [0.25, 0.3) is 22.5 Å². The fourth-order valence-electron chi connectivity index (χ4n) is 4.84. The Bertz CT molecular complexity index is 1540. The summed E-state index contributed by atoms with van der Waals surface area (Å²) in [6.07, 6.45) is 3.07. The van der Waals surface area contributed by atoms with Crippen LogP contribution in [0.3, 0.4) is 0 Å². The molecule has 3 aromatic carbocycles. The maximum atomic E-state index is 12.5. The molecular weight excluding hydrogens is 500 g/mol. The van der Waals surface area contributed by atoms with E-state index in [-0.39, 0.29) is 0 Å². The third-order valence-electron chi connectivity index (χ3n) is 7.34. The first kappa shape index (κ1) is 25.9. The second-order valence-corrected chi connectivity index (χ2v) is 11.9. The molecule has 1 aliphatic carbocycles. The van der Waals surface area contributed by atoms with Crippen LogP contribution in [0.2, 0.25) is 0 Å². The van der Waals surface area contributed by atoms with E-state index in [1.54, 1.807) is 0 Å². The van der Waals surface area contributed by atoms with Gasteiger partial charge in [0.15, 0.2) is 5.76 Å². The molecule has 0 bridgehead atoms. The molecule has 5 rings (SSSR count). The summed E-state index contributed by atoms with van der Waals surface area (Å²) in [6, 6.07) is 25.2. The molecule has 1 aromatic heterocycles. The zero-order chi connectivity index (χ0) is 26.9. The third-order valence-corrected chi connectivity index (χ3v) is 8.59. The third kappa shape index (κ3) is 5.28. The molecule has 196 valence electrons. The number of benzene rings is 3. The number of nitrogens with zero attached hydrogens (tertiary/aromatic N) is 2. The van der Waals surface area contributed by atoms with Gasteiger partial charge in [-0.2, -0.15) is 4.31 Å². The topological polar surface area (TPSA) is 101 Å². The summed E-state index contributed by atoms with van der Waals surface area (Å²) in [4.78, 5) is 11.6. The quantitative estimate of drug-likeness (QED) is 0.293. The molecule has 1 fully saturated rings. The summed E-state index contributed by atoms with van der Waals surface area (Å²) in [5.74, 6) is -0.123. The first-order chi connectivity index (χ1) is 18.2. The van der Waals surface area contributed by atoms with Crippen molar-refractivity contribution in [2.75, 3.05) is 12.8 Å². The zero-order valence-electron chi connectivity index (χ0n) is 21.4. The molecule has 1 aliphatic rings. The molecule has 4 aromatic rings. The van der Waals surface area contributed by atoms with E-state index in [0.717, 1.165) is 39.1 Å². The number of hydrogen-bond acceptors (Lipinski definition) is 5. The van der Waals surface area contributed by atoms with Crippen molar-refractivity contribution in [1.82, 2.24) is 9.46 Å². The number of carbonyl (C=O) groups is 1. The lowest BCUT2D eigenvalue weighted by Crippen LogP contribution is -2.31. The van der Waals surface area contributed by atoms with Crippen LogP contribution < -0.4 is 0 Å². The predicted octanol–water partition coefficient (Wildman–Crippen LogP) is 5.44. The lowest BCUT2D eigenvalue weighted by atomic mass is 9.93. The molecule has 38 heavy (non-hydrogen) atoms. The summed E-state index contributed by atoms with van der Waals surface area (Å²) in [6.45, 7) is 2.48. The van der Waals surface area contributed by atoms with E-state index in [1.807, 2.05) is 85.8 Å². The monoisotopic (exact) mass is 530 g/mol. The molecule has 1 N–H and O–H groups in total. The molecule has 0 amide bonds. The molecule has 7 nitrogen and oxygen atoms in total. The average Bonchev–Trinajstić information content (AvgIpc) is 3.65. The first-order valence-electron chi connectivity index (χ1n) is 12.6. The molecule has 0 radical (unpaired) electrons. The molecule has 0 atom stereocenters. The number of aryl methyl sites for hydroxylation is 1. The molecule has 1 saturated carbocycles. The highest BCUT2D eigenvalue weighted by atomic mass is 32.2. The number of carboxylic acid groups (broad SMARTS) is 1. The standard InChI is InChI=1S/C30H30N2O5S/c1-21-27(16-19-32(38(2,35)36)20-22-6-4-3-5-7-22)28(37-31-21)25-10-8-23(9-11-25)24-12-14-26(15-13-24)30(17-18-30)29(33)34/h3-15H,16-20H2,1-2H3,(H,33,34). The molecule has 8 heteroatoms. The van der Waals surface area contributed by atoms with Crippen LogP contribution in [-0.2, 0) is 33.2 Å². The predicted molar refractivity (Wildman–Crippen MR) is 146 cm³/mol. The van der Waals surface area contributed by atoms with Gasteiger partial charge in [-0.15, -0.1) is 0 Å². The van der Waals surface area contributed by atoms with Gasteiger partial charge in [-0.1, -0.05) is 84.0 Å². The fraction of sp³-hybridized carbons (Fsp3) is 0.267. The van der Waals surface area contributed by atoms with Gasteiger partial charge in [-0.3, -0.25) is 4.79 Å². The lowest BCUT2D eigenvalue weighted by molar-refractivity contribution is -0.140. The van der Waals surface area contributed by atoms with Crippen LogP contribution in [0, 0.1) is 6.92 Å². The van der Waals surface area contributed by atoms with Crippen LogP contribution in [0.15, 0.2) is 83.4 Å². The summed E-state index contributed by atoms with van der Waals surface area (Å²) in [7, 11) is -3.41. The van der Waals surface area contributed by atoms with E-state index >= 15 is 0 Å². The van der Waals surface area contributed by atoms with Crippen LogP contribution in [0.1, 0.15) is 35.2 Å². The van der Waals surface area contributed by atoms with Gasteiger partial charge in [0.1, 0.15) is 0 Å². The van der Waals surface area contributed by atoms with Gasteiger partial charge >= 0.3 is 5.97 Å². The number of aromatic nitrogens is 1. The van der Waals surface area contributed by atoms with Gasteiger partial charge in [-0.25, -0.2) is 8.42 Å². The van der Waals surface area contributed by atoms with Crippen LogP contribution in [-0.4, -0.2) is 41.8 Å². The first-order valence-corrected chi connectivity index (χ1v) is 14.4. The maximum Gasteiger partial charge on any atom is 0.314 e. The van der Waals surface area contributed by atoms with Crippen molar-refractivity contribution in [1.29, 1.82) is 0 Å². The molecule has 0 spiro atoms. The smallest absolute Gasteiger partial charge is 0.314 e. The minimum absolute atomic E-state index is 0.306. The highest BCUT2D eigenvalue weighted by molar-refractivity contribution is 7.88. The number of aliphatic carboxylic acids is 1. The summed E-state index contributed by atoms with van der Waals surface area (Å²) >= 11 is 0. The van der Waals surface area contributed by atoms with E-state index in [4.69, 9.17) is 4.52 Å². The van der Waals surface area contributed by atoms with Crippen molar-refractivity contribution in [3.05, 3.63) is 101 Å². The van der Waals surface area contributed by atoms with E-state index in [9.17, 15) is 18.3 Å². The van der Waals surface area contributed by atoms with E-state index in [1.165, 1.54) is 10.6 Å².